The van der Waals surface area contributed by atoms with Gasteiger partial charge in [-0.25, -0.2) is 4.79 Å². The lowest BCUT2D eigenvalue weighted by Crippen LogP contribution is -2.46. The molecule has 0 fully saturated rings. The maximum Gasteiger partial charge on any atom is 0.586 e. The van der Waals surface area contributed by atoms with Crippen LogP contribution < -0.4 is 29.0 Å². The molecule has 1 amide bonds. The number of carbonyl (C=O) groups is 2. The van der Waals surface area contributed by atoms with Crippen molar-refractivity contribution in [3.63, 3.8) is 0 Å². The molecule has 11 heteroatoms. The Hall–Kier alpha value is -4.54. The maximum atomic E-state index is 13.8. The molecule has 202 valence electrons. The van der Waals surface area contributed by atoms with Crippen molar-refractivity contribution in [2.24, 2.45) is 0 Å². The van der Waals surface area contributed by atoms with Crippen LogP contribution >= 0.6 is 0 Å². The number of carbonyl (C=O) groups excluding carboxylic acids is 1. The Kier molecular flexibility index (Phi) is 5.56. The smallest absolute Gasteiger partial charge is 0.497 e. The van der Waals surface area contributed by atoms with Crippen molar-refractivity contribution in [1.29, 1.82) is 0 Å². The summed E-state index contributed by atoms with van der Waals surface area (Å²) < 4.78 is 53.6. The predicted molar refractivity (Wildman–Crippen MR) is 131 cm³/mol. The van der Waals surface area contributed by atoms with E-state index in [9.17, 15) is 23.5 Å². The van der Waals surface area contributed by atoms with Crippen LogP contribution in [0.2, 0.25) is 0 Å². The van der Waals surface area contributed by atoms with E-state index in [1.165, 1.54) is 31.4 Å². The van der Waals surface area contributed by atoms with Crippen LogP contribution in [0.5, 0.6) is 28.7 Å². The van der Waals surface area contributed by atoms with E-state index >= 15 is 0 Å². The van der Waals surface area contributed by atoms with Crippen LogP contribution in [0.1, 0.15) is 52.5 Å². The predicted octanol–water partition coefficient (Wildman–Crippen LogP) is 4.75. The first-order valence-electron chi connectivity index (χ1n) is 12.1. The van der Waals surface area contributed by atoms with E-state index in [1.807, 2.05) is 0 Å². The number of hydrogen-bond acceptors (Lipinski definition) is 7. The number of aromatic carboxylic acids is 1. The first-order valence-corrected chi connectivity index (χ1v) is 12.1. The van der Waals surface area contributed by atoms with Crippen LogP contribution in [0, 0.1) is 0 Å². The first-order chi connectivity index (χ1) is 18.6. The zero-order chi connectivity index (χ0) is 27.5. The van der Waals surface area contributed by atoms with Crippen molar-refractivity contribution in [1.82, 2.24) is 5.32 Å². The monoisotopic (exact) mass is 539 g/mol. The summed E-state index contributed by atoms with van der Waals surface area (Å²) >= 11 is 0. The van der Waals surface area contributed by atoms with Gasteiger partial charge in [-0.05, 0) is 42.8 Å². The van der Waals surface area contributed by atoms with Gasteiger partial charge in [-0.3, -0.25) is 4.79 Å². The van der Waals surface area contributed by atoms with Gasteiger partial charge in [-0.2, -0.15) is 0 Å². The third-order valence-electron chi connectivity index (χ3n) is 7.24. The first kappa shape index (κ1) is 24.8. The van der Waals surface area contributed by atoms with Gasteiger partial charge in [0.2, 0.25) is 5.91 Å². The fraction of sp³-hybridized carbons (Fsp3) is 0.286. The Labute approximate surface area is 221 Å². The molecule has 0 bridgehead atoms. The minimum absolute atomic E-state index is 0.0176. The standard InChI is InChI=1S/C28H23F2NO8/c1-27(13-36-22-12-24-23(10-18(22)27)38-28(29,30)39-24)26(34)31-19-11-20(14-4-3-5-15(8-14)25(32)33)37-21-9-16(35-2)6-7-17(19)21/h3-10,12,19-20H,11,13H2,1-2H3,(H,31,34)(H,32,33)/t19-,20-,27+/m1/s1. The Morgan fingerprint density at radius 2 is 1.79 bits per heavy atom. The Morgan fingerprint density at radius 3 is 2.54 bits per heavy atom. The molecule has 9 nitrogen and oxygen atoms in total. The molecule has 0 unspecified atom stereocenters. The summed E-state index contributed by atoms with van der Waals surface area (Å²) in [6.45, 7) is 1.65. The number of carboxylic acids is 1. The number of nitrogens with one attached hydrogen (secondary N) is 1. The summed E-state index contributed by atoms with van der Waals surface area (Å²) in [5, 5.41) is 12.5. The van der Waals surface area contributed by atoms with Gasteiger partial charge in [0.25, 0.3) is 0 Å². The van der Waals surface area contributed by atoms with Crippen molar-refractivity contribution < 1.29 is 47.2 Å². The molecule has 39 heavy (non-hydrogen) atoms. The van der Waals surface area contributed by atoms with E-state index in [0.717, 1.165) is 0 Å². The van der Waals surface area contributed by atoms with Crippen LogP contribution in [0.25, 0.3) is 0 Å². The number of alkyl halides is 2. The van der Waals surface area contributed by atoms with Crippen LogP contribution in [0.4, 0.5) is 8.78 Å². The van der Waals surface area contributed by atoms with Gasteiger partial charge in [0.05, 0.1) is 18.7 Å². The lowest BCUT2D eigenvalue weighted by molar-refractivity contribution is -0.286. The van der Waals surface area contributed by atoms with Crippen molar-refractivity contribution in [3.05, 3.63) is 76.9 Å². The van der Waals surface area contributed by atoms with Gasteiger partial charge in [-0.15, -0.1) is 8.78 Å². The lowest BCUT2D eigenvalue weighted by Gasteiger charge is -2.35. The Bertz CT molecular complexity index is 1510. The van der Waals surface area contributed by atoms with Gasteiger partial charge < -0.3 is 34.1 Å². The SMILES string of the molecule is COc1ccc2c(c1)O[C@@H](c1cccc(C(=O)O)c1)C[C@H]2NC(=O)[C@@]1(C)COc2cc3c(cc21)OC(F)(F)O3. The fourth-order valence-corrected chi connectivity index (χ4v) is 5.12. The quantitative estimate of drug-likeness (QED) is 0.478. The van der Waals surface area contributed by atoms with Gasteiger partial charge in [-0.1, -0.05) is 12.1 Å². The molecule has 6 rings (SSSR count). The molecule has 2 N–H and O–H groups in total. The van der Waals surface area contributed by atoms with Crippen LogP contribution in [0.15, 0.2) is 54.6 Å². The summed E-state index contributed by atoms with van der Waals surface area (Å²) in [5.41, 5.74) is 0.646. The molecule has 0 aromatic heterocycles. The van der Waals surface area contributed by atoms with Crippen LogP contribution in [-0.2, 0) is 10.2 Å². The Balaban J connectivity index is 1.32. The second-order valence-electron chi connectivity index (χ2n) is 9.79. The van der Waals surface area contributed by atoms with Crippen molar-refractivity contribution in [3.8, 4) is 28.7 Å². The number of benzene rings is 3. The number of halogens is 2. The van der Waals surface area contributed by atoms with Crippen LogP contribution in [0.3, 0.4) is 0 Å². The summed E-state index contributed by atoms with van der Waals surface area (Å²) in [4.78, 5) is 25.3. The van der Waals surface area contributed by atoms with E-state index in [-0.39, 0.29) is 29.4 Å². The molecule has 0 aliphatic carbocycles. The average molecular weight is 539 g/mol. The highest BCUT2D eigenvalue weighted by atomic mass is 19.3. The van der Waals surface area contributed by atoms with E-state index in [2.05, 4.69) is 14.8 Å². The molecule has 0 saturated heterocycles. The Morgan fingerprint density at radius 1 is 1.03 bits per heavy atom. The highest BCUT2D eigenvalue weighted by Crippen LogP contribution is 2.50. The van der Waals surface area contributed by atoms with E-state index in [4.69, 9.17) is 14.2 Å². The van der Waals surface area contributed by atoms with Crippen LogP contribution in [-0.4, -0.2) is 37.0 Å². The van der Waals surface area contributed by atoms with Crippen molar-refractivity contribution in [2.75, 3.05) is 13.7 Å². The average Bonchev–Trinajstić information content (AvgIpc) is 3.41. The van der Waals surface area contributed by atoms with Crippen molar-refractivity contribution >= 4 is 11.9 Å². The lowest BCUT2D eigenvalue weighted by atomic mass is 9.82. The second kappa shape index (κ2) is 8.75. The van der Waals surface area contributed by atoms with E-state index in [1.54, 1.807) is 37.3 Å². The highest BCUT2D eigenvalue weighted by Gasteiger charge is 2.49. The van der Waals surface area contributed by atoms with Gasteiger partial charge >= 0.3 is 12.3 Å². The minimum Gasteiger partial charge on any atom is -0.497 e. The van der Waals surface area contributed by atoms with Crippen molar-refractivity contribution in [2.45, 2.75) is 37.2 Å². The van der Waals surface area contributed by atoms with Gasteiger partial charge in [0.1, 0.15) is 35.4 Å². The molecule has 3 atom stereocenters. The number of carboxylic acid groups (broad SMARTS) is 1. The minimum atomic E-state index is -3.80. The second-order valence-corrected chi connectivity index (χ2v) is 9.79. The molecular formula is C28H23F2NO8. The molecule has 0 spiro atoms. The number of fused-ring (bicyclic) bond motifs is 3. The number of rotatable bonds is 5. The molecule has 3 aliphatic rings. The number of amides is 1. The third-order valence-corrected chi connectivity index (χ3v) is 7.24. The maximum absolute atomic E-state index is 13.8. The van der Waals surface area contributed by atoms with E-state index < -0.39 is 35.7 Å². The topological polar surface area (TPSA) is 113 Å². The number of methoxy groups -OCH3 is 1. The molecule has 0 saturated carbocycles. The molecule has 3 heterocycles. The molecule has 3 aromatic rings. The molecular weight excluding hydrogens is 516 g/mol. The highest BCUT2D eigenvalue weighted by molar-refractivity contribution is 5.90. The fourth-order valence-electron chi connectivity index (χ4n) is 5.12. The number of hydrogen-bond donors (Lipinski definition) is 2. The normalized spacial score (nSPS) is 23.6. The zero-order valence-electron chi connectivity index (χ0n) is 20.8. The summed E-state index contributed by atoms with van der Waals surface area (Å²) in [7, 11) is 1.53. The van der Waals surface area contributed by atoms with E-state index in [0.29, 0.717) is 34.6 Å². The van der Waals surface area contributed by atoms with Gasteiger partial charge in [0, 0.05) is 29.7 Å². The van der Waals surface area contributed by atoms with Gasteiger partial charge in [0.15, 0.2) is 11.5 Å². The summed E-state index contributed by atoms with van der Waals surface area (Å²) in [6.07, 6.45) is -4.05. The zero-order valence-corrected chi connectivity index (χ0v) is 20.8. The molecule has 0 radical (unpaired) electrons. The summed E-state index contributed by atoms with van der Waals surface area (Å²) in [6, 6.07) is 13.8. The summed E-state index contributed by atoms with van der Waals surface area (Å²) in [5.74, 6) is -0.503. The number of ether oxygens (including phenoxy) is 5. The third kappa shape index (κ3) is 4.23. The largest absolute Gasteiger partial charge is 0.586 e. The molecule has 3 aliphatic heterocycles. The molecule has 3 aromatic carbocycles.